The second-order valence-corrected chi connectivity index (χ2v) is 5.57. The molecule has 0 saturated heterocycles. The Morgan fingerprint density at radius 2 is 2.00 bits per heavy atom. The molecular formula is C12H14Br2NO3. The number of hydrogen-bond donors (Lipinski definition) is 0. The SMILES string of the molecule is CC[CH]CC(C)Oc1c(Br)cc([N+](=O)[O-])cc1Br. The molecule has 0 heterocycles. The average Bonchev–Trinajstić information content (AvgIpc) is 2.30. The Bertz CT molecular complexity index is 414. The molecule has 0 spiro atoms. The standard InChI is InChI=1S/C12H14Br2NO3/c1-3-4-5-8(2)18-12-10(13)6-9(15(16)17)7-11(12)14/h4,6-8H,3,5H2,1-2H3. The van der Waals surface area contributed by atoms with Gasteiger partial charge in [0.25, 0.3) is 5.69 Å². The minimum Gasteiger partial charge on any atom is -0.488 e. The molecule has 4 nitrogen and oxygen atoms in total. The predicted octanol–water partition coefficient (Wildman–Crippen LogP) is 4.89. The first-order valence-corrected chi connectivity index (χ1v) is 7.16. The van der Waals surface area contributed by atoms with E-state index in [0.29, 0.717) is 14.7 Å². The van der Waals surface area contributed by atoms with Crippen molar-refractivity contribution in [3.63, 3.8) is 0 Å². The van der Waals surface area contributed by atoms with Crippen LogP contribution in [0.5, 0.6) is 5.75 Å². The van der Waals surface area contributed by atoms with Crippen molar-refractivity contribution in [2.75, 3.05) is 0 Å². The Kier molecular flexibility index (Phi) is 6.08. The highest BCUT2D eigenvalue weighted by Crippen LogP contribution is 2.38. The summed E-state index contributed by atoms with van der Waals surface area (Å²) in [6.07, 6.45) is 4.00. The van der Waals surface area contributed by atoms with Crippen LogP contribution in [-0.2, 0) is 0 Å². The molecule has 6 heteroatoms. The van der Waals surface area contributed by atoms with Gasteiger partial charge in [-0.05, 0) is 51.6 Å². The van der Waals surface area contributed by atoms with Crippen LogP contribution in [0.25, 0.3) is 0 Å². The first-order valence-electron chi connectivity index (χ1n) is 5.57. The van der Waals surface area contributed by atoms with Crippen LogP contribution < -0.4 is 4.74 Å². The fourth-order valence-corrected chi connectivity index (χ4v) is 2.76. The van der Waals surface area contributed by atoms with E-state index in [1.54, 1.807) is 0 Å². The Morgan fingerprint density at radius 1 is 1.44 bits per heavy atom. The highest BCUT2D eigenvalue weighted by molar-refractivity contribution is 9.11. The molecule has 0 aliphatic rings. The van der Waals surface area contributed by atoms with Gasteiger partial charge in [-0.2, -0.15) is 0 Å². The van der Waals surface area contributed by atoms with E-state index in [0.717, 1.165) is 12.8 Å². The Morgan fingerprint density at radius 3 is 2.44 bits per heavy atom. The monoisotopic (exact) mass is 378 g/mol. The fraction of sp³-hybridized carbons (Fsp3) is 0.417. The van der Waals surface area contributed by atoms with E-state index in [2.05, 4.69) is 45.2 Å². The van der Waals surface area contributed by atoms with Crippen LogP contribution >= 0.6 is 31.9 Å². The van der Waals surface area contributed by atoms with Gasteiger partial charge >= 0.3 is 0 Å². The van der Waals surface area contributed by atoms with E-state index in [9.17, 15) is 10.1 Å². The van der Waals surface area contributed by atoms with Crippen molar-refractivity contribution in [2.24, 2.45) is 0 Å². The van der Waals surface area contributed by atoms with E-state index >= 15 is 0 Å². The summed E-state index contributed by atoms with van der Waals surface area (Å²) in [5.74, 6) is 0.595. The molecule has 1 rings (SSSR count). The molecule has 1 aromatic carbocycles. The zero-order valence-corrected chi connectivity index (χ0v) is 13.3. The van der Waals surface area contributed by atoms with Crippen molar-refractivity contribution in [2.45, 2.75) is 32.8 Å². The number of ether oxygens (including phenoxy) is 1. The van der Waals surface area contributed by atoms with Crippen LogP contribution in [0.15, 0.2) is 21.1 Å². The molecule has 0 fully saturated rings. The average molecular weight is 380 g/mol. The van der Waals surface area contributed by atoms with Gasteiger partial charge in [0.2, 0.25) is 0 Å². The van der Waals surface area contributed by atoms with Gasteiger partial charge < -0.3 is 4.74 Å². The molecule has 0 aromatic heterocycles. The number of nitro benzene ring substituents is 1. The second kappa shape index (κ2) is 7.09. The molecular weight excluding hydrogens is 366 g/mol. The molecule has 1 unspecified atom stereocenters. The van der Waals surface area contributed by atoms with Gasteiger partial charge in [0, 0.05) is 12.1 Å². The molecule has 1 aromatic rings. The number of halogens is 2. The van der Waals surface area contributed by atoms with Crippen LogP contribution in [0.2, 0.25) is 0 Å². The summed E-state index contributed by atoms with van der Waals surface area (Å²) in [5, 5.41) is 10.7. The lowest BCUT2D eigenvalue weighted by atomic mass is 10.2. The number of unbranched alkanes of at least 4 members (excludes halogenated alkanes) is 1. The van der Waals surface area contributed by atoms with Gasteiger partial charge in [0.1, 0.15) is 5.75 Å². The zero-order valence-electron chi connectivity index (χ0n) is 10.2. The van der Waals surface area contributed by atoms with Crippen molar-refractivity contribution in [1.29, 1.82) is 0 Å². The summed E-state index contributed by atoms with van der Waals surface area (Å²) >= 11 is 6.59. The minimum absolute atomic E-state index is 0.0221. The van der Waals surface area contributed by atoms with Crippen LogP contribution in [0, 0.1) is 16.5 Å². The maximum absolute atomic E-state index is 10.7. The van der Waals surface area contributed by atoms with Gasteiger partial charge in [-0.15, -0.1) is 0 Å². The van der Waals surface area contributed by atoms with Crippen LogP contribution in [-0.4, -0.2) is 11.0 Å². The van der Waals surface area contributed by atoms with Crippen LogP contribution in [0.1, 0.15) is 26.7 Å². The molecule has 0 aliphatic heterocycles. The molecule has 0 bridgehead atoms. The summed E-state index contributed by atoms with van der Waals surface area (Å²) in [6, 6.07) is 2.88. The summed E-state index contributed by atoms with van der Waals surface area (Å²) in [6.45, 7) is 4.04. The van der Waals surface area contributed by atoms with Gasteiger partial charge in [0.15, 0.2) is 0 Å². The first kappa shape index (κ1) is 15.4. The normalized spacial score (nSPS) is 12.2. The molecule has 0 amide bonds. The number of benzene rings is 1. The lowest BCUT2D eigenvalue weighted by molar-refractivity contribution is -0.385. The maximum Gasteiger partial charge on any atom is 0.271 e. The van der Waals surface area contributed by atoms with E-state index < -0.39 is 4.92 Å². The van der Waals surface area contributed by atoms with Gasteiger partial charge in [-0.1, -0.05) is 13.3 Å². The van der Waals surface area contributed by atoms with E-state index in [-0.39, 0.29) is 11.8 Å². The lowest BCUT2D eigenvalue weighted by Gasteiger charge is -2.16. The van der Waals surface area contributed by atoms with Crippen LogP contribution in [0.4, 0.5) is 5.69 Å². The van der Waals surface area contributed by atoms with Crippen molar-refractivity contribution >= 4 is 37.5 Å². The molecule has 99 valence electrons. The molecule has 1 radical (unpaired) electrons. The third kappa shape index (κ3) is 4.24. The van der Waals surface area contributed by atoms with Crippen molar-refractivity contribution in [3.05, 3.63) is 37.6 Å². The number of hydrogen-bond acceptors (Lipinski definition) is 3. The third-order valence-electron chi connectivity index (χ3n) is 2.30. The largest absolute Gasteiger partial charge is 0.488 e. The molecule has 0 N–H and O–H groups in total. The summed E-state index contributed by atoms with van der Waals surface area (Å²) in [7, 11) is 0. The van der Waals surface area contributed by atoms with E-state index in [1.165, 1.54) is 12.1 Å². The number of non-ortho nitro benzene ring substituents is 1. The number of rotatable bonds is 6. The number of nitro groups is 1. The fourth-order valence-electron chi connectivity index (χ4n) is 1.42. The second-order valence-electron chi connectivity index (χ2n) is 3.86. The molecule has 1 atom stereocenters. The Hall–Kier alpha value is -0.620. The van der Waals surface area contributed by atoms with Crippen molar-refractivity contribution in [3.8, 4) is 5.75 Å². The Balaban J connectivity index is 2.86. The highest BCUT2D eigenvalue weighted by atomic mass is 79.9. The topological polar surface area (TPSA) is 52.4 Å². The van der Waals surface area contributed by atoms with Crippen LogP contribution in [0.3, 0.4) is 0 Å². The lowest BCUT2D eigenvalue weighted by Crippen LogP contribution is -2.12. The molecule has 0 aliphatic carbocycles. The zero-order chi connectivity index (χ0) is 13.7. The van der Waals surface area contributed by atoms with Gasteiger partial charge in [0.05, 0.1) is 20.0 Å². The third-order valence-corrected chi connectivity index (χ3v) is 3.48. The van der Waals surface area contributed by atoms with E-state index in [1.807, 2.05) is 6.92 Å². The van der Waals surface area contributed by atoms with Gasteiger partial charge in [-0.25, -0.2) is 0 Å². The van der Waals surface area contributed by atoms with Gasteiger partial charge in [-0.3, -0.25) is 10.1 Å². The Labute approximate surface area is 123 Å². The smallest absolute Gasteiger partial charge is 0.271 e. The summed E-state index contributed by atoms with van der Waals surface area (Å²) in [4.78, 5) is 10.3. The molecule has 18 heavy (non-hydrogen) atoms. The van der Waals surface area contributed by atoms with Crippen molar-refractivity contribution in [1.82, 2.24) is 0 Å². The van der Waals surface area contributed by atoms with E-state index in [4.69, 9.17) is 4.74 Å². The maximum atomic E-state index is 10.7. The highest BCUT2D eigenvalue weighted by Gasteiger charge is 2.16. The van der Waals surface area contributed by atoms with Crippen molar-refractivity contribution < 1.29 is 9.66 Å². The summed E-state index contributed by atoms with van der Waals surface area (Å²) < 4.78 is 6.92. The predicted molar refractivity (Wildman–Crippen MR) is 77.8 cm³/mol. The number of nitrogens with zero attached hydrogens (tertiary/aromatic N) is 1. The minimum atomic E-state index is -0.437. The summed E-state index contributed by atoms with van der Waals surface area (Å²) in [5.41, 5.74) is 0.0221. The molecule has 0 saturated carbocycles. The quantitative estimate of drug-likeness (QED) is 0.522. The first-order chi connectivity index (χ1) is 8.45.